The Hall–Kier alpha value is -1.62. The van der Waals surface area contributed by atoms with Crippen LogP contribution in [0.2, 0.25) is 0 Å². The zero-order chi connectivity index (χ0) is 12.3. The van der Waals surface area contributed by atoms with Crippen LogP contribution in [-0.4, -0.2) is 42.0 Å². The molecule has 1 heterocycles. The minimum absolute atomic E-state index is 0.230. The summed E-state index contributed by atoms with van der Waals surface area (Å²) in [5.41, 5.74) is 0.0549. The second-order valence-electron chi connectivity index (χ2n) is 4.40. The molecule has 1 saturated carbocycles. The van der Waals surface area contributed by atoms with Crippen molar-refractivity contribution in [2.24, 2.45) is 0 Å². The average Bonchev–Trinajstić information content (AvgIpc) is 3.12. The van der Waals surface area contributed by atoms with Gasteiger partial charge in [0.2, 0.25) is 5.56 Å². The Kier molecular flexibility index (Phi) is 3.58. The molecule has 0 spiro atoms. The Morgan fingerprint density at radius 1 is 1.53 bits per heavy atom. The molecule has 0 aliphatic heterocycles. The van der Waals surface area contributed by atoms with Gasteiger partial charge in [-0.3, -0.25) is 9.59 Å². The fourth-order valence-corrected chi connectivity index (χ4v) is 1.72. The summed E-state index contributed by atoms with van der Waals surface area (Å²) in [4.78, 5) is 27.4. The number of aromatic amines is 1. The Labute approximate surface area is 99.8 Å². The number of carbonyl (C=O) groups is 1. The molecular formula is C12H17N3O2. The lowest BCUT2D eigenvalue weighted by Crippen LogP contribution is -2.34. The van der Waals surface area contributed by atoms with Gasteiger partial charge in [0.15, 0.2) is 0 Å². The summed E-state index contributed by atoms with van der Waals surface area (Å²) in [6, 6.07) is 5.26. The minimum atomic E-state index is -0.257. The van der Waals surface area contributed by atoms with Crippen LogP contribution in [0.15, 0.2) is 23.0 Å². The summed E-state index contributed by atoms with van der Waals surface area (Å²) in [5.74, 6) is -0.230. The fourth-order valence-electron chi connectivity index (χ4n) is 1.72. The molecule has 5 nitrogen and oxygen atoms in total. The van der Waals surface area contributed by atoms with Crippen molar-refractivity contribution in [2.75, 3.05) is 20.1 Å². The maximum Gasteiger partial charge on any atom is 0.267 e. The van der Waals surface area contributed by atoms with E-state index < -0.39 is 0 Å². The monoisotopic (exact) mass is 235 g/mol. The lowest BCUT2D eigenvalue weighted by molar-refractivity contribution is 0.0944. The number of nitrogens with zero attached hydrogens (tertiary/aromatic N) is 1. The molecule has 1 aromatic rings. The Morgan fingerprint density at radius 3 is 2.94 bits per heavy atom. The second kappa shape index (κ2) is 5.14. The van der Waals surface area contributed by atoms with Crippen LogP contribution in [0.5, 0.6) is 0 Å². The molecule has 0 aromatic carbocycles. The van der Waals surface area contributed by atoms with Gasteiger partial charge in [-0.2, -0.15) is 0 Å². The van der Waals surface area contributed by atoms with E-state index in [-0.39, 0.29) is 11.5 Å². The molecule has 17 heavy (non-hydrogen) atoms. The molecule has 92 valence electrons. The minimum Gasteiger partial charge on any atom is -0.349 e. The van der Waals surface area contributed by atoms with E-state index in [4.69, 9.17) is 0 Å². The van der Waals surface area contributed by atoms with E-state index in [9.17, 15) is 9.59 Å². The Bertz CT molecular complexity index is 451. The molecule has 1 aromatic heterocycles. The molecule has 1 aliphatic rings. The van der Waals surface area contributed by atoms with Gasteiger partial charge in [0.1, 0.15) is 5.69 Å². The normalized spacial score (nSPS) is 14.9. The van der Waals surface area contributed by atoms with E-state index >= 15 is 0 Å². The largest absolute Gasteiger partial charge is 0.349 e. The summed E-state index contributed by atoms with van der Waals surface area (Å²) in [5, 5.41) is 2.79. The highest BCUT2D eigenvalue weighted by Gasteiger charge is 2.25. The van der Waals surface area contributed by atoms with Crippen molar-refractivity contribution >= 4 is 5.91 Å². The smallest absolute Gasteiger partial charge is 0.267 e. The highest BCUT2D eigenvalue weighted by molar-refractivity contribution is 5.92. The molecule has 2 N–H and O–H groups in total. The number of nitrogens with one attached hydrogen (secondary N) is 2. The van der Waals surface area contributed by atoms with Crippen molar-refractivity contribution < 1.29 is 4.79 Å². The number of amides is 1. The molecule has 0 bridgehead atoms. The number of H-pyrrole nitrogens is 1. The molecule has 5 heteroatoms. The highest BCUT2D eigenvalue weighted by atomic mass is 16.2. The number of likely N-dealkylation sites (N-methyl/N-ethyl adjacent to an activating group) is 1. The van der Waals surface area contributed by atoms with Gasteiger partial charge in [0.05, 0.1) is 0 Å². The predicted molar refractivity (Wildman–Crippen MR) is 65.0 cm³/mol. The van der Waals surface area contributed by atoms with Crippen LogP contribution < -0.4 is 10.9 Å². The van der Waals surface area contributed by atoms with Gasteiger partial charge in [-0.05, 0) is 26.0 Å². The zero-order valence-corrected chi connectivity index (χ0v) is 9.90. The van der Waals surface area contributed by atoms with Gasteiger partial charge in [-0.15, -0.1) is 0 Å². The fraction of sp³-hybridized carbons (Fsp3) is 0.500. The maximum atomic E-state index is 11.7. The quantitative estimate of drug-likeness (QED) is 0.766. The lowest BCUT2D eigenvalue weighted by Gasteiger charge is -2.15. The second-order valence-corrected chi connectivity index (χ2v) is 4.40. The first-order chi connectivity index (χ1) is 8.16. The number of hydrogen-bond donors (Lipinski definition) is 2. The molecule has 0 atom stereocenters. The third-order valence-electron chi connectivity index (χ3n) is 2.93. The molecule has 1 amide bonds. The number of aromatic nitrogens is 1. The van der Waals surface area contributed by atoms with Crippen LogP contribution in [0.25, 0.3) is 0 Å². The third-order valence-corrected chi connectivity index (χ3v) is 2.93. The number of pyridine rings is 1. The lowest BCUT2D eigenvalue weighted by atomic mass is 10.3. The van der Waals surface area contributed by atoms with Crippen LogP contribution in [0.3, 0.4) is 0 Å². The number of carbonyl (C=O) groups excluding carboxylic acids is 1. The molecule has 1 aliphatic carbocycles. The van der Waals surface area contributed by atoms with Crippen LogP contribution in [0, 0.1) is 0 Å². The summed E-state index contributed by atoms with van der Waals surface area (Å²) in [7, 11) is 2.06. The predicted octanol–water partition coefficient (Wildman–Crippen LogP) is 0.199. The summed E-state index contributed by atoms with van der Waals surface area (Å²) < 4.78 is 0. The van der Waals surface area contributed by atoms with Gasteiger partial charge in [-0.25, -0.2) is 0 Å². The standard InChI is InChI=1S/C12H17N3O2/c1-15(9-5-6-9)8-7-13-12(17)10-3-2-4-11(16)14-10/h2-4,9H,5-8H2,1H3,(H,13,17)(H,14,16). The van der Waals surface area contributed by atoms with E-state index in [2.05, 4.69) is 22.2 Å². The van der Waals surface area contributed by atoms with E-state index in [1.54, 1.807) is 12.1 Å². The van der Waals surface area contributed by atoms with E-state index in [1.165, 1.54) is 18.9 Å². The van der Waals surface area contributed by atoms with E-state index in [0.717, 1.165) is 6.54 Å². The SMILES string of the molecule is CN(CCNC(=O)c1cccc(=O)[nH]1)C1CC1. The first-order valence-corrected chi connectivity index (χ1v) is 5.84. The molecule has 0 unspecified atom stereocenters. The van der Waals surface area contributed by atoms with Gasteiger partial charge >= 0.3 is 0 Å². The molecule has 0 radical (unpaired) electrons. The Balaban J connectivity index is 1.78. The van der Waals surface area contributed by atoms with Crippen LogP contribution in [0.4, 0.5) is 0 Å². The van der Waals surface area contributed by atoms with Gasteiger partial charge in [0.25, 0.3) is 5.91 Å². The summed E-state index contributed by atoms with van der Waals surface area (Å²) in [6.07, 6.45) is 2.52. The van der Waals surface area contributed by atoms with Gasteiger partial charge in [-0.1, -0.05) is 6.07 Å². The van der Waals surface area contributed by atoms with Crippen LogP contribution in [0.1, 0.15) is 23.3 Å². The van der Waals surface area contributed by atoms with Crippen molar-refractivity contribution in [3.63, 3.8) is 0 Å². The van der Waals surface area contributed by atoms with Crippen LogP contribution >= 0.6 is 0 Å². The average molecular weight is 235 g/mol. The molecular weight excluding hydrogens is 218 g/mol. The first-order valence-electron chi connectivity index (χ1n) is 5.84. The molecule has 2 rings (SSSR count). The van der Waals surface area contributed by atoms with Crippen molar-refractivity contribution in [3.05, 3.63) is 34.2 Å². The van der Waals surface area contributed by atoms with E-state index in [0.29, 0.717) is 18.3 Å². The third kappa shape index (κ3) is 3.42. The van der Waals surface area contributed by atoms with Crippen molar-refractivity contribution in [1.82, 2.24) is 15.2 Å². The van der Waals surface area contributed by atoms with Crippen molar-refractivity contribution in [3.8, 4) is 0 Å². The number of hydrogen-bond acceptors (Lipinski definition) is 3. The first kappa shape index (κ1) is 11.9. The Morgan fingerprint density at radius 2 is 2.29 bits per heavy atom. The highest BCUT2D eigenvalue weighted by Crippen LogP contribution is 2.24. The molecule has 0 saturated heterocycles. The maximum absolute atomic E-state index is 11.7. The van der Waals surface area contributed by atoms with Crippen LogP contribution in [-0.2, 0) is 0 Å². The van der Waals surface area contributed by atoms with Gasteiger partial charge < -0.3 is 15.2 Å². The summed E-state index contributed by atoms with van der Waals surface area (Å²) in [6.45, 7) is 1.44. The zero-order valence-electron chi connectivity index (χ0n) is 9.90. The van der Waals surface area contributed by atoms with E-state index in [1.807, 2.05) is 0 Å². The summed E-state index contributed by atoms with van der Waals surface area (Å²) >= 11 is 0. The molecule has 1 fully saturated rings. The van der Waals surface area contributed by atoms with Crippen molar-refractivity contribution in [2.45, 2.75) is 18.9 Å². The number of rotatable bonds is 5. The topological polar surface area (TPSA) is 65.2 Å². The van der Waals surface area contributed by atoms with Crippen molar-refractivity contribution in [1.29, 1.82) is 0 Å². The van der Waals surface area contributed by atoms with Gasteiger partial charge in [0, 0.05) is 25.2 Å².